The summed E-state index contributed by atoms with van der Waals surface area (Å²) in [5.74, 6) is 0.648. The largest absolute Gasteiger partial charge is 0.489 e. The zero-order valence-corrected chi connectivity index (χ0v) is 20.5. The Morgan fingerprint density at radius 1 is 1.06 bits per heavy atom. The summed E-state index contributed by atoms with van der Waals surface area (Å²) in [6.07, 6.45) is 0.952. The molecule has 7 heteroatoms. The SMILES string of the molecule is CC(=O)N(C)C1CCN(c2ccc(NC(=O)c3cc4cc(OCc5ccccc5)ccc4[nH]3)cc2)C1. The number of hydrogen-bond donors (Lipinski definition) is 2. The Hall–Kier alpha value is -4.26. The predicted molar refractivity (Wildman–Crippen MR) is 143 cm³/mol. The summed E-state index contributed by atoms with van der Waals surface area (Å²) in [7, 11) is 1.86. The highest BCUT2D eigenvalue weighted by Crippen LogP contribution is 2.26. The molecule has 1 unspecified atom stereocenters. The van der Waals surface area contributed by atoms with Crippen LogP contribution >= 0.6 is 0 Å². The Morgan fingerprint density at radius 3 is 2.58 bits per heavy atom. The molecule has 1 aromatic heterocycles. The summed E-state index contributed by atoms with van der Waals surface area (Å²) < 4.78 is 5.91. The number of aromatic nitrogens is 1. The van der Waals surface area contributed by atoms with Crippen LogP contribution in [0, 0.1) is 0 Å². The highest BCUT2D eigenvalue weighted by atomic mass is 16.5. The molecular weight excluding hydrogens is 452 g/mol. The molecule has 2 heterocycles. The van der Waals surface area contributed by atoms with E-state index in [1.54, 1.807) is 6.92 Å². The summed E-state index contributed by atoms with van der Waals surface area (Å²) in [5, 5.41) is 3.88. The second-order valence-electron chi connectivity index (χ2n) is 9.23. The maximum absolute atomic E-state index is 12.9. The summed E-state index contributed by atoms with van der Waals surface area (Å²) >= 11 is 0. The number of likely N-dealkylation sites (N-methyl/N-ethyl adjacent to an activating group) is 1. The molecule has 7 nitrogen and oxygen atoms in total. The van der Waals surface area contributed by atoms with E-state index in [1.165, 1.54) is 0 Å². The first-order chi connectivity index (χ1) is 17.5. The zero-order chi connectivity index (χ0) is 25.1. The minimum absolute atomic E-state index is 0.0906. The molecule has 0 radical (unpaired) electrons. The van der Waals surface area contributed by atoms with Gasteiger partial charge in [-0.2, -0.15) is 0 Å². The minimum atomic E-state index is -0.199. The van der Waals surface area contributed by atoms with Gasteiger partial charge >= 0.3 is 0 Å². The van der Waals surface area contributed by atoms with Gasteiger partial charge < -0.3 is 24.8 Å². The first kappa shape index (κ1) is 23.5. The monoisotopic (exact) mass is 482 g/mol. The summed E-state index contributed by atoms with van der Waals surface area (Å²) in [5.41, 5.74) is 4.28. The summed E-state index contributed by atoms with van der Waals surface area (Å²) in [6.45, 7) is 3.81. The van der Waals surface area contributed by atoms with Crippen molar-refractivity contribution in [2.24, 2.45) is 0 Å². The highest BCUT2D eigenvalue weighted by Gasteiger charge is 2.27. The first-order valence-corrected chi connectivity index (χ1v) is 12.2. The number of benzene rings is 3. The lowest BCUT2D eigenvalue weighted by molar-refractivity contribution is -0.129. The Balaban J connectivity index is 1.20. The van der Waals surface area contributed by atoms with Gasteiger partial charge in [-0.3, -0.25) is 9.59 Å². The number of hydrogen-bond acceptors (Lipinski definition) is 4. The number of rotatable bonds is 7. The molecule has 1 aliphatic heterocycles. The molecule has 0 bridgehead atoms. The van der Waals surface area contributed by atoms with Crippen LogP contribution in [0.15, 0.2) is 78.9 Å². The average Bonchev–Trinajstić information content (AvgIpc) is 3.55. The van der Waals surface area contributed by atoms with E-state index in [1.807, 2.05) is 90.8 Å². The number of nitrogens with one attached hydrogen (secondary N) is 2. The Kier molecular flexibility index (Phi) is 6.62. The van der Waals surface area contributed by atoms with Crippen LogP contribution in [-0.4, -0.2) is 47.9 Å². The van der Waals surface area contributed by atoms with Crippen molar-refractivity contribution in [3.8, 4) is 5.75 Å². The van der Waals surface area contributed by atoms with E-state index >= 15 is 0 Å². The third-order valence-electron chi connectivity index (χ3n) is 6.78. The third kappa shape index (κ3) is 5.20. The highest BCUT2D eigenvalue weighted by molar-refractivity contribution is 6.06. The van der Waals surface area contributed by atoms with Gasteiger partial charge in [0.2, 0.25) is 5.91 Å². The standard InChI is InChI=1S/C29H30N4O3/c1-20(34)32(2)25-14-15-33(18-25)24-10-8-23(9-11-24)30-29(35)28-17-22-16-26(12-13-27(22)31-28)36-19-21-6-4-3-5-7-21/h3-13,16-17,25,31H,14-15,18-19H2,1-2H3,(H,30,35). The van der Waals surface area contributed by atoms with Crippen molar-refractivity contribution in [3.05, 3.63) is 90.1 Å². The van der Waals surface area contributed by atoms with Crippen LogP contribution in [0.4, 0.5) is 11.4 Å². The first-order valence-electron chi connectivity index (χ1n) is 12.2. The van der Waals surface area contributed by atoms with E-state index in [0.717, 1.165) is 53.1 Å². The number of carbonyl (C=O) groups is 2. The number of ether oxygens (including phenoxy) is 1. The second kappa shape index (κ2) is 10.2. The summed E-state index contributed by atoms with van der Waals surface area (Å²) in [6, 6.07) is 25.7. The average molecular weight is 483 g/mol. The fourth-order valence-electron chi connectivity index (χ4n) is 4.57. The Bertz CT molecular complexity index is 1360. The molecule has 2 N–H and O–H groups in total. The van der Waals surface area contributed by atoms with Crippen LogP contribution in [0.1, 0.15) is 29.4 Å². The smallest absolute Gasteiger partial charge is 0.272 e. The van der Waals surface area contributed by atoms with Gasteiger partial charge in [0, 0.05) is 49.3 Å². The molecule has 1 aliphatic rings. The van der Waals surface area contributed by atoms with E-state index < -0.39 is 0 Å². The number of H-pyrrole nitrogens is 1. The van der Waals surface area contributed by atoms with E-state index in [2.05, 4.69) is 15.2 Å². The number of nitrogens with zero attached hydrogens (tertiary/aromatic N) is 2. The number of anilines is 2. The molecule has 2 amide bonds. The fraction of sp³-hybridized carbons (Fsp3) is 0.241. The predicted octanol–water partition coefficient (Wildman–Crippen LogP) is 5.06. The van der Waals surface area contributed by atoms with Crippen LogP contribution in [-0.2, 0) is 11.4 Å². The molecule has 36 heavy (non-hydrogen) atoms. The quantitative estimate of drug-likeness (QED) is 0.386. The molecule has 1 saturated heterocycles. The molecule has 184 valence electrons. The number of amides is 2. The fourth-order valence-corrected chi connectivity index (χ4v) is 4.57. The van der Waals surface area contributed by atoms with Gasteiger partial charge in [0.15, 0.2) is 0 Å². The second-order valence-corrected chi connectivity index (χ2v) is 9.23. The number of aromatic amines is 1. The van der Waals surface area contributed by atoms with Crippen molar-refractivity contribution in [1.82, 2.24) is 9.88 Å². The maximum atomic E-state index is 12.9. The lowest BCUT2D eigenvalue weighted by Gasteiger charge is -2.24. The molecule has 5 rings (SSSR count). The topological polar surface area (TPSA) is 77.7 Å². The van der Waals surface area contributed by atoms with Gasteiger partial charge in [-0.05, 0) is 60.5 Å². The van der Waals surface area contributed by atoms with Gasteiger partial charge in [0.05, 0.1) is 6.04 Å². The molecule has 1 fully saturated rings. The van der Waals surface area contributed by atoms with Gasteiger partial charge in [0.1, 0.15) is 18.1 Å². The van der Waals surface area contributed by atoms with Crippen LogP contribution in [0.3, 0.4) is 0 Å². The van der Waals surface area contributed by atoms with E-state index in [0.29, 0.717) is 12.3 Å². The van der Waals surface area contributed by atoms with Crippen molar-refractivity contribution in [3.63, 3.8) is 0 Å². The Labute approximate surface area is 210 Å². The van der Waals surface area contributed by atoms with Gasteiger partial charge in [0.25, 0.3) is 5.91 Å². The van der Waals surface area contributed by atoms with Crippen LogP contribution in [0.2, 0.25) is 0 Å². The van der Waals surface area contributed by atoms with E-state index in [4.69, 9.17) is 4.74 Å². The zero-order valence-electron chi connectivity index (χ0n) is 20.5. The van der Waals surface area contributed by atoms with Gasteiger partial charge in [-0.25, -0.2) is 0 Å². The summed E-state index contributed by atoms with van der Waals surface area (Å²) in [4.78, 5) is 31.8. The molecule has 0 aliphatic carbocycles. The number of carbonyl (C=O) groups excluding carboxylic acids is 2. The third-order valence-corrected chi connectivity index (χ3v) is 6.78. The molecule has 0 saturated carbocycles. The van der Waals surface area contributed by atoms with E-state index in [9.17, 15) is 9.59 Å². The van der Waals surface area contributed by atoms with E-state index in [-0.39, 0.29) is 17.9 Å². The lowest BCUT2D eigenvalue weighted by atomic mass is 10.2. The van der Waals surface area contributed by atoms with Crippen molar-refractivity contribution in [2.45, 2.75) is 26.0 Å². The molecular formula is C29H30N4O3. The normalized spacial score (nSPS) is 15.2. The van der Waals surface area contributed by atoms with Crippen LogP contribution in [0.5, 0.6) is 5.75 Å². The molecule has 3 aromatic carbocycles. The van der Waals surface area contributed by atoms with Crippen molar-refractivity contribution in [1.29, 1.82) is 0 Å². The van der Waals surface area contributed by atoms with Crippen molar-refractivity contribution < 1.29 is 14.3 Å². The minimum Gasteiger partial charge on any atom is -0.489 e. The van der Waals surface area contributed by atoms with Gasteiger partial charge in [-0.15, -0.1) is 0 Å². The van der Waals surface area contributed by atoms with Crippen LogP contribution in [0.25, 0.3) is 10.9 Å². The maximum Gasteiger partial charge on any atom is 0.272 e. The van der Waals surface area contributed by atoms with Crippen molar-refractivity contribution >= 4 is 34.1 Å². The van der Waals surface area contributed by atoms with Gasteiger partial charge in [-0.1, -0.05) is 30.3 Å². The number of fused-ring (bicyclic) bond motifs is 1. The van der Waals surface area contributed by atoms with Crippen molar-refractivity contribution in [2.75, 3.05) is 30.4 Å². The lowest BCUT2D eigenvalue weighted by Crippen LogP contribution is -2.37. The molecule has 4 aromatic rings. The van der Waals surface area contributed by atoms with Crippen LogP contribution < -0.4 is 15.0 Å². The molecule has 1 atom stereocenters. The Morgan fingerprint density at radius 2 is 1.83 bits per heavy atom. The molecule has 0 spiro atoms.